The van der Waals surface area contributed by atoms with Crippen LogP contribution in [-0.4, -0.2) is 84.6 Å². The molecular formula is C27H37N5O3. The molecule has 188 valence electrons. The molecule has 1 aromatic carbocycles. The van der Waals surface area contributed by atoms with Crippen LogP contribution in [-0.2, 0) is 9.53 Å². The second-order valence-electron chi connectivity index (χ2n) is 9.79. The molecule has 0 saturated carbocycles. The van der Waals surface area contributed by atoms with Gasteiger partial charge < -0.3 is 19.4 Å². The van der Waals surface area contributed by atoms with Gasteiger partial charge in [-0.2, -0.15) is 0 Å². The van der Waals surface area contributed by atoms with Crippen LogP contribution in [0.3, 0.4) is 0 Å². The van der Waals surface area contributed by atoms with Gasteiger partial charge in [0, 0.05) is 37.9 Å². The van der Waals surface area contributed by atoms with Crippen molar-refractivity contribution in [2.24, 2.45) is 5.92 Å². The zero-order valence-electron chi connectivity index (χ0n) is 21.4. The maximum atomic E-state index is 13.7. The molecule has 2 aliphatic heterocycles. The summed E-state index contributed by atoms with van der Waals surface area (Å²) in [5.74, 6) is 0.650. The van der Waals surface area contributed by atoms with Crippen LogP contribution in [0, 0.1) is 12.8 Å². The number of nitrogens with zero attached hydrogens (tertiary/aromatic N) is 5. The number of amides is 1. The maximum absolute atomic E-state index is 13.7. The van der Waals surface area contributed by atoms with Gasteiger partial charge in [-0.05, 0) is 65.7 Å². The summed E-state index contributed by atoms with van der Waals surface area (Å²) in [6.07, 6.45) is 5.21. The summed E-state index contributed by atoms with van der Waals surface area (Å²) < 4.78 is 5.23. The van der Waals surface area contributed by atoms with Gasteiger partial charge in [-0.1, -0.05) is 23.8 Å². The third kappa shape index (κ3) is 5.81. The number of carbonyl (C=O) groups is 2. The first-order chi connectivity index (χ1) is 16.9. The predicted molar refractivity (Wildman–Crippen MR) is 136 cm³/mol. The van der Waals surface area contributed by atoms with Gasteiger partial charge in [-0.3, -0.25) is 9.59 Å². The third-order valence-electron chi connectivity index (χ3n) is 7.17. The molecule has 1 unspecified atom stereocenters. The maximum Gasteiger partial charge on any atom is 0.310 e. The van der Waals surface area contributed by atoms with Gasteiger partial charge in [-0.25, -0.2) is 9.97 Å². The molecule has 8 nitrogen and oxygen atoms in total. The van der Waals surface area contributed by atoms with Crippen LogP contribution in [0.4, 0.5) is 5.82 Å². The Morgan fingerprint density at radius 3 is 2.66 bits per heavy atom. The molecule has 8 heteroatoms. The highest BCUT2D eigenvalue weighted by Gasteiger charge is 2.33. The van der Waals surface area contributed by atoms with Gasteiger partial charge in [0.15, 0.2) is 5.82 Å². The lowest BCUT2D eigenvalue weighted by Crippen LogP contribution is -2.45. The van der Waals surface area contributed by atoms with Crippen molar-refractivity contribution in [1.29, 1.82) is 0 Å². The number of benzene rings is 1. The van der Waals surface area contributed by atoms with Gasteiger partial charge in [0.25, 0.3) is 5.91 Å². The van der Waals surface area contributed by atoms with E-state index in [4.69, 9.17) is 9.72 Å². The monoisotopic (exact) mass is 479 g/mol. The second-order valence-corrected chi connectivity index (χ2v) is 9.79. The minimum Gasteiger partial charge on any atom is -0.466 e. The molecule has 0 N–H and O–H groups in total. The van der Waals surface area contributed by atoms with Crippen molar-refractivity contribution < 1.29 is 14.3 Å². The van der Waals surface area contributed by atoms with E-state index < -0.39 is 0 Å². The number of esters is 1. The summed E-state index contributed by atoms with van der Waals surface area (Å²) in [6, 6.07) is 8.40. The normalized spacial score (nSPS) is 19.4. The van der Waals surface area contributed by atoms with Gasteiger partial charge >= 0.3 is 5.97 Å². The van der Waals surface area contributed by atoms with Crippen LogP contribution >= 0.6 is 0 Å². The summed E-state index contributed by atoms with van der Waals surface area (Å²) in [6.45, 7) is 7.22. The Morgan fingerprint density at radius 2 is 1.94 bits per heavy atom. The SMILES string of the molecule is CCOC(=O)C1CCCN(C(=O)c2cnc(-c3cccc(C)c3)nc2N(C)C2CCN(C)CC2)C1. The first kappa shape index (κ1) is 25.1. The fraction of sp³-hybridized carbons (Fsp3) is 0.556. The first-order valence-corrected chi connectivity index (χ1v) is 12.7. The van der Waals surface area contributed by atoms with Crippen molar-refractivity contribution in [3.63, 3.8) is 0 Å². The lowest BCUT2D eigenvalue weighted by atomic mass is 9.97. The molecule has 2 fully saturated rings. The molecule has 0 aliphatic carbocycles. The molecule has 2 aliphatic rings. The highest BCUT2D eigenvalue weighted by molar-refractivity contribution is 5.99. The van der Waals surface area contributed by atoms with E-state index >= 15 is 0 Å². The third-order valence-corrected chi connectivity index (χ3v) is 7.17. The van der Waals surface area contributed by atoms with E-state index in [0.29, 0.717) is 42.9 Å². The van der Waals surface area contributed by atoms with Gasteiger partial charge in [0.2, 0.25) is 0 Å². The van der Waals surface area contributed by atoms with Gasteiger partial charge in [0.05, 0.1) is 12.5 Å². The largest absolute Gasteiger partial charge is 0.466 e. The number of anilines is 1. The quantitative estimate of drug-likeness (QED) is 0.588. The fourth-order valence-electron chi connectivity index (χ4n) is 5.06. The number of likely N-dealkylation sites (tertiary alicyclic amines) is 2. The molecule has 0 radical (unpaired) electrons. The van der Waals surface area contributed by atoms with Crippen LogP contribution in [0.5, 0.6) is 0 Å². The van der Waals surface area contributed by atoms with Crippen LogP contribution in [0.2, 0.25) is 0 Å². The first-order valence-electron chi connectivity index (χ1n) is 12.7. The number of carbonyl (C=O) groups excluding carboxylic acids is 2. The number of aromatic nitrogens is 2. The Balaban J connectivity index is 1.65. The Labute approximate surface area is 208 Å². The number of rotatable bonds is 6. The van der Waals surface area contributed by atoms with Crippen LogP contribution < -0.4 is 4.90 Å². The number of aryl methyl sites for hydroxylation is 1. The number of hydrogen-bond acceptors (Lipinski definition) is 7. The molecule has 2 aromatic rings. The molecule has 0 spiro atoms. The Hall–Kier alpha value is -3.00. The minimum atomic E-state index is -0.282. The summed E-state index contributed by atoms with van der Waals surface area (Å²) in [5, 5.41) is 0. The van der Waals surface area contributed by atoms with Crippen LogP contribution in [0.25, 0.3) is 11.4 Å². The van der Waals surface area contributed by atoms with E-state index in [-0.39, 0.29) is 17.8 Å². The Kier molecular flexibility index (Phi) is 8.00. The zero-order chi connectivity index (χ0) is 24.9. The average molecular weight is 480 g/mol. The molecule has 1 amide bonds. The van der Waals surface area contributed by atoms with Crippen molar-refractivity contribution in [1.82, 2.24) is 19.8 Å². The summed E-state index contributed by atoms with van der Waals surface area (Å²) in [5.41, 5.74) is 2.56. The smallest absolute Gasteiger partial charge is 0.310 e. The van der Waals surface area contributed by atoms with E-state index in [9.17, 15) is 9.59 Å². The van der Waals surface area contributed by atoms with E-state index in [1.54, 1.807) is 11.1 Å². The molecule has 4 rings (SSSR count). The lowest BCUT2D eigenvalue weighted by molar-refractivity contribution is -0.149. The average Bonchev–Trinajstić information content (AvgIpc) is 2.88. The molecule has 35 heavy (non-hydrogen) atoms. The highest BCUT2D eigenvalue weighted by atomic mass is 16.5. The van der Waals surface area contributed by atoms with E-state index in [2.05, 4.69) is 27.9 Å². The molecule has 1 atom stereocenters. The van der Waals surface area contributed by atoms with Crippen LogP contribution in [0.1, 0.15) is 48.5 Å². The van der Waals surface area contributed by atoms with Crippen molar-refractivity contribution in [2.45, 2.75) is 45.6 Å². The second kappa shape index (κ2) is 11.2. The summed E-state index contributed by atoms with van der Waals surface area (Å²) >= 11 is 0. The summed E-state index contributed by atoms with van der Waals surface area (Å²) in [4.78, 5) is 41.9. The van der Waals surface area contributed by atoms with Crippen molar-refractivity contribution >= 4 is 17.7 Å². The molecule has 1 aromatic heterocycles. The van der Waals surface area contributed by atoms with E-state index in [1.165, 1.54) is 0 Å². The van der Waals surface area contributed by atoms with Crippen molar-refractivity contribution in [3.05, 3.63) is 41.6 Å². The van der Waals surface area contributed by atoms with Crippen molar-refractivity contribution in [3.8, 4) is 11.4 Å². The molecular weight excluding hydrogens is 442 g/mol. The Morgan fingerprint density at radius 1 is 1.17 bits per heavy atom. The minimum absolute atomic E-state index is 0.121. The number of hydrogen-bond donors (Lipinski definition) is 0. The van der Waals surface area contributed by atoms with Crippen LogP contribution in [0.15, 0.2) is 30.5 Å². The highest BCUT2D eigenvalue weighted by Crippen LogP contribution is 2.29. The fourth-order valence-corrected chi connectivity index (χ4v) is 5.06. The molecule has 0 bridgehead atoms. The Bertz CT molecular complexity index is 1050. The zero-order valence-corrected chi connectivity index (χ0v) is 21.4. The predicted octanol–water partition coefficient (Wildman–Crippen LogP) is 3.40. The van der Waals surface area contributed by atoms with E-state index in [0.717, 1.165) is 49.9 Å². The summed E-state index contributed by atoms with van der Waals surface area (Å²) in [7, 11) is 4.18. The van der Waals surface area contributed by atoms with Gasteiger partial charge in [-0.15, -0.1) is 0 Å². The molecule has 3 heterocycles. The number of ether oxygens (including phenoxy) is 1. The lowest BCUT2D eigenvalue weighted by Gasteiger charge is -2.37. The molecule has 2 saturated heterocycles. The van der Waals surface area contributed by atoms with Crippen molar-refractivity contribution in [2.75, 3.05) is 51.8 Å². The van der Waals surface area contributed by atoms with Gasteiger partial charge in [0.1, 0.15) is 11.4 Å². The standard InChI is InChI=1S/C27H37N5O3/c1-5-35-27(34)21-10-7-13-32(18-21)26(33)23-17-28-24(20-9-6-8-19(2)16-20)29-25(23)31(4)22-11-14-30(3)15-12-22/h6,8-9,16-17,21-22H,5,7,10-15,18H2,1-4H3. The topological polar surface area (TPSA) is 78.9 Å². The van der Waals surface area contributed by atoms with E-state index in [1.807, 2.05) is 39.1 Å². The number of piperidine rings is 2.